The summed E-state index contributed by atoms with van der Waals surface area (Å²) in [5.41, 5.74) is 0.995. The first-order valence-electron chi connectivity index (χ1n) is 9.71. The number of rotatable bonds is 4. The van der Waals surface area contributed by atoms with Crippen molar-refractivity contribution in [2.75, 3.05) is 13.1 Å². The van der Waals surface area contributed by atoms with Crippen LogP contribution < -0.4 is 5.32 Å². The zero-order valence-corrected chi connectivity index (χ0v) is 16.4. The van der Waals surface area contributed by atoms with Gasteiger partial charge in [0.2, 0.25) is 5.89 Å². The molecular weight excluding hydrogens is 422 g/mol. The molecule has 7 nitrogen and oxygen atoms in total. The summed E-state index contributed by atoms with van der Waals surface area (Å²) in [6.45, 7) is 1.89. The molecule has 0 unspecified atom stereocenters. The molecule has 11 heteroatoms. The summed E-state index contributed by atoms with van der Waals surface area (Å²) in [5, 5.41) is 10.5. The number of aromatic nitrogens is 1. The van der Waals surface area contributed by atoms with E-state index in [1.165, 1.54) is 18.4 Å². The van der Waals surface area contributed by atoms with Crippen LogP contribution in [0, 0.1) is 5.82 Å². The maximum absolute atomic E-state index is 13.0. The number of carboxylic acids is 1. The molecule has 1 saturated heterocycles. The highest BCUT2D eigenvalue weighted by molar-refractivity contribution is 5.93. The predicted molar refractivity (Wildman–Crippen MR) is 101 cm³/mol. The van der Waals surface area contributed by atoms with Crippen LogP contribution >= 0.6 is 0 Å². The van der Waals surface area contributed by atoms with E-state index in [0.717, 1.165) is 38.8 Å². The maximum atomic E-state index is 13.0. The molecular formula is C20H21F4N3O4. The normalized spacial score (nSPS) is 16.9. The average molecular weight is 443 g/mol. The lowest BCUT2D eigenvalue weighted by Crippen LogP contribution is -2.47. The van der Waals surface area contributed by atoms with E-state index < -0.39 is 12.1 Å². The van der Waals surface area contributed by atoms with Crippen LogP contribution in [-0.4, -0.2) is 58.2 Å². The topological polar surface area (TPSA) is 95.7 Å². The van der Waals surface area contributed by atoms with Gasteiger partial charge >= 0.3 is 12.1 Å². The van der Waals surface area contributed by atoms with E-state index in [9.17, 15) is 22.4 Å². The van der Waals surface area contributed by atoms with Crippen molar-refractivity contribution in [3.8, 4) is 11.5 Å². The third kappa shape index (κ3) is 6.03. The third-order valence-electron chi connectivity index (χ3n) is 4.93. The van der Waals surface area contributed by atoms with E-state index in [1.54, 1.807) is 12.1 Å². The first kappa shape index (κ1) is 22.7. The first-order chi connectivity index (χ1) is 14.7. The molecule has 2 N–H and O–H groups in total. The fraction of sp³-hybridized carbons (Fsp3) is 0.450. The Bertz CT molecular complexity index is 904. The minimum atomic E-state index is -5.08. The number of oxazole rings is 1. The molecule has 4 rings (SSSR count). The Kier molecular flexibility index (Phi) is 6.94. The van der Waals surface area contributed by atoms with Gasteiger partial charge in [-0.15, -0.1) is 0 Å². The number of benzene rings is 1. The van der Waals surface area contributed by atoms with E-state index in [4.69, 9.17) is 14.3 Å². The molecule has 1 aliphatic heterocycles. The van der Waals surface area contributed by atoms with Gasteiger partial charge in [0.15, 0.2) is 5.69 Å². The largest absolute Gasteiger partial charge is 0.490 e. The number of hydrogen-bond donors (Lipinski definition) is 2. The quantitative estimate of drug-likeness (QED) is 0.703. The van der Waals surface area contributed by atoms with Crippen LogP contribution in [0.5, 0.6) is 0 Å². The van der Waals surface area contributed by atoms with Crippen LogP contribution in [0.4, 0.5) is 17.6 Å². The molecule has 2 heterocycles. The van der Waals surface area contributed by atoms with Crippen molar-refractivity contribution in [2.45, 2.75) is 43.9 Å². The average Bonchev–Trinajstić information content (AvgIpc) is 3.43. The van der Waals surface area contributed by atoms with Crippen LogP contribution in [-0.2, 0) is 4.79 Å². The number of carbonyl (C=O) groups is 2. The SMILES string of the molecule is O=C(O)C(F)(F)F.O=C(c1coc(-c2ccc(F)cc2)n1)N(C1CCNCC1)C1CC1. The van der Waals surface area contributed by atoms with E-state index in [-0.39, 0.29) is 17.8 Å². The van der Waals surface area contributed by atoms with Gasteiger partial charge in [-0.25, -0.2) is 14.2 Å². The maximum Gasteiger partial charge on any atom is 0.490 e. The third-order valence-corrected chi connectivity index (χ3v) is 4.93. The minimum absolute atomic E-state index is 0.0542. The number of nitrogens with zero attached hydrogens (tertiary/aromatic N) is 2. The highest BCUT2D eigenvalue weighted by Gasteiger charge is 2.39. The second-order valence-electron chi connectivity index (χ2n) is 7.27. The van der Waals surface area contributed by atoms with Gasteiger partial charge in [0.1, 0.15) is 12.1 Å². The molecule has 1 aliphatic carbocycles. The Labute approximate surface area is 175 Å². The fourth-order valence-electron chi connectivity index (χ4n) is 3.30. The molecule has 1 amide bonds. The number of amides is 1. The van der Waals surface area contributed by atoms with Crippen molar-refractivity contribution in [1.29, 1.82) is 0 Å². The van der Waals surface area contributed by atoms with Gasteiger partial charge in [-0.2, -0.15) is 13.2 Å². The van der Waals surface area contributed by atoms with Gasteiger partial charge < -0.3 is 19.7 Å². The van der Waals surface area contributed by atoms with Crippen LogP contribution in [0.2, 0.25) is 0 Å². The molecule has 2 aliphatic rings. The number of carbonyl (C=O) groups excluding carboxylic acids is 1. The highest BCUT2D eigenvalue weighted by Crippen LogP contribution is 2.32. The summed E-state index contributed by atoms with van der Waals surface area (Å²) < 4.78 is 50.2. The lowest BCUT2D eigenvalue weighted by atomic mass is 10.0. The zero-order valence-electron chi connectivity index (χ0n) is 16.4. The number of carboxylic acid groups (broad SMARTS) is 1. The molecule has 2 aromatic rings. The number of alkyl halides is 3. The summed E-state index contributed by atoms with van der Waals surface area (Å²) in [6.07, 6.45) is 0.421. The molecule has 0 atom stereocenters. The Morgan fingerprint density at radius 2 is 1.61 bits per heavy atom. The van der Waals surface area contributed by atoms with Crippen LogP contribution in [0.15, 0.2) is 34.9 Å². The Balaban J connectivity index is 0.000000339. The van der Waals surface area contributed by atoms with Gasteiger partial charge in [0.05, 0.1) is 0 Å². The number of piperidine rings is 1. The number of aliphatic carboxylic acids is 1. The molecule has 0 spiro atoms. The Hall–Kier alpha value is -2.95. The van der Waals surface area contributed by atoms with E-state index in [2.05, 4.69) is 10.3 Å². The standard InChI is InChI=1S/C18H20FN3O2.C2HF3O2/c19-13-3-1-12(2-4-13)17-21-16(11-24-17)18(23)22(14-5-6-14)15-7-9-20-10-8-15;3-2(4,5)1(6)7/h1-4,11,14-15,20H,5-10H2;(H,6,7). The second-order valence-corrected chi connectivity index (χ2v) is 7.27. The van der Waals surface area contributed by atoms with Crippen LogP contribution in [0.1, 0.15) is 36.2 Å². The van der Waals surface area contributed by atoms with Gasteiger partial charge in [-0.3, -0.25) is 4.79 Å². The number of nitrogens with one attached hydrogen (secondary N) is 1. The summed E-state index contributed by atoms with van der Waals surface area (Å²) in [5.74, 6) is -2.78. The molecule has 2 fully saturated rings. The van der Waals surface area contributed by atoms with Crippen LogP contribution in [0.3, 0.4) is 0 Å². The molecule has 168 valence electrons. The molecule has 1 saturated carbocycles. The Morgan fingerprint density at radius 3 is 2.13 bits per heavy atom. The molecule has 1 aromatic heterocycles. The fourth-order valence-corrected chi connectivity index (χ4v) is 3.30. The zero-order chi connectivity index (χ0) is 22.6. The van der Waals surface area contributed by atoms with Gasteiger partial charge in [-0.05, 0) is 63.0 Å². The summed E-state index contributed by atoms with van der Waals surface area (Å²) in [7, 11) is 0. The monoisotopic (exact) mass is 443 g/mol. The van der Waals surface area contributed by atoms with Crippen molar-refractivity contribution in [3.63, 3.8) is 0 Å². The smallest absolute Gasteiger partial charge is 0.475 e. The van der Waals surface area contributed by atoms with Gasteiger partial charge in [-0.1, -0.05) is 0 Å². The van der Waals surface area contributed by atoms with E-state index in [0.29, 0.717) is 23.2 Å². The lowest BCUT2D eigenvalue weighted by Gasteiger charge is -2.34. The van der Waals surface area contributed by atoms with E-state index >= 15 is 0 Å². The van der Waals surface area contributed by atoms with Crippen molar-refractivity contribution in [1.82, 2.24) is 15.2 Å². The molecule has 0 radical (unpaired) electrons. The van der Waals surface area contributed by atoms with Crippen molar-refractivity contribution >= 4 is 11.9 Å². The van der Waals surface area contributed by atoms with Crippen molar-refractivity contribution < 1.29 is 36.7 Å². The van der Waals surface area contributed by atoms with Gasteiger partial charge in [0.25, 0.3) is 5.91 Å². The molecule has 1 aromatic carbocycles. The van der Waals surface area contributed by atoms with Gasteiger partial charge in [0, 0.05) is 17.6 Å². The van der Waals surface area contributed by atoms with Crippen molar-refractivity contribution in [3.05, 3.63) is 42.0 Å². The van der Waals surface area contributed by atoms with Crippen molar-refractivity contribution in [2.24, 2.45) is 0 Å². The summed E-state index contributed by atoms with van der Waals surface area (Å²) in [6, 6.07) is 6.52. The summed E-state index contributed by atoms with van der Waals surface area (Å²) in [4.78, 5) is 28.2. The number of hydrogen-bond acceptors (Lipinski definition) is 5. The van der Waals surface area contributed by atoms with Crippen LogP contribution in [0.25, 0.3) is 11.5 Å². The first-order valence-corrected chi connectivity index (χ1v) is 9.71. The minimum Gasteiger partial charge on any atom is -0.475 e. The molecule has 0 bridgehead atoms. The predicted octanol–water partition coefficient (Wildman–Crippen LogP) is 3.47. The summed E-state index contributed by atoms with van der Waals surface area (Å²) >= 11 is 0. The second kappa shape index (κ2) is 9.46. The highest BCUT2D eigenvalue weighted by atomic mass is 19.4. The Morgan fingerprint density at radius 1 is 1.06 bits per heavy atom. The number of halogens is 4. The lowest BCUT2D eigenvalue weighted by molar-refractivity contribution is -0.192. The molecule has 31 heavy (non-hydrogen) atoms. The van der Waals surface area contributed by atoms with E-state index in [1.807, 2.05) is 4.90 Å².